The van der Waals surface area contributed by atoms with Gasteiger partial charge in [0.05, 0.1) is 12.2 Å². The van der Waals surface area contributed by atoms with Crippen LogP contribution in [0.15, 0.2) is 53.2 Å². The molecule has 1 fully saturated rings. The van der Waals surface area contributed by atoms with E-state index in [-0.39, 0.29) is 18.1 Å². The number of morpholine rings is 1. The third-order valence-electron chi connectivity index (χ3n) is 5.42. The number of fused-ring (bicyclic) bond motifs is 1. The third-order valence-corrected chi connectivity index (χ3v) is 6.11. The molecule has 0 bridgehead atoms. The molecule has 0 aliphatic carbocycles. The monoisotopic (exact) mass is 448 g/mol. The van der Waals surface area contributed by atoms with Crippen molar-refractivity contribution in [2.75, 3.05) is 18.4 Å². The van der Waals surface area contributed by atoms with Gasteiger partial charge in [0.15, 0.2) is 11.5 Å². The van der Waals surface area contributed by atoms with E-state index in [1.54, 1.807) is 15.9 Å². The van der Waals surface area contributed by atoms with Gasteiger partial charge < -0.3 is 15.0 Å². The number of carbonyl (C=O) groups excluding carboxylic acids is 1. The summed E-state index contributed by atoms with van der Waals surface area (Å²) in [6.07, 6.45) is 0.115. The molecule has 164 valence electrons. The minimum absolute atomic E-state index is 0.0483. The van der Waals surface area contributed by atoms with E-state index >= 15 is 0 Å². The van der Waals surface area contributed by atoms with Gasteiger partial charge >= 0.3 is 0 Å². The van der Waals surface area contributed by atoms with Gasteiger partial charge in [-0.25, -0.2) is 0 Å². The van der Waals surface area contributed by atoms with Crippen molar-refractivity contribution >= 4 is 28.7 Å². The van der Waals surface area contributed by atoms with E-state index in [1.165, 1.54) is 0 Å². The number of anilines is 1. The number of benzene rings is 1. The molecule has 3 aromatic heterocycles. The first-order valence-corrected chi connectivity index (χ1v) is 11.5. The SMILES string of the molecule is CC1CN(C(=O)c2ccc(CNc3ccc4nnc(-c5ccsc5)n4n3)cc2)CC(C)O1. The molecule has 1 aliphatic heterocycles. The summed E-state index contributed by atoms with van der Waals surface area (Å²) in [6, 6.07) is 13.5. The summed E-state index contributed by atoms with van der Waals surface area (Å²) in [5.41, 5.74) is 3.45. The largest absolute Gasteiger partial charge is 0.372 e. The van der Waals surface area contributed by atoms with Gasteiger partial charge in [-0.1, -0.05) is 12.1 Å². The number of carbonyl (C=O) groups is 1. The first-order chi connectivity index (χ1) is 15.6. The summed E-state index contributed by atoms with van der Waals surface area (Å²) >= 11 is 1.61. The van der Waals surface area contributed by atoms with Gasteiger partial charge in [0, 0.05) is 36.1 Å². The smallest absolute Gasteiger partial charge is 0.254 e. The average Bonchev–Trinajstić information content (AvgIpc) is 3.46. The van der Waals surface area contributed by atoms with Crippen molar-refractivity contribution in [1.82, 2.24) is 24.7 Å². The molecule has 2 atom stereocenters. The van der Waals surface area contributed by atoms with Crippen molar-refractivity contribution in [1.29, 1.82) is 0 Å². The maximum atomic E-state index is 12.8. The van der Waals surface area contributed by atoms with Crippen LogP contribution in [0.4, 0.5) is 5.82 Å². The van der Waals surface area contributed by atoms with Crippen molar-refractivity contribution in [3.8, 4) is 11.4 Å². The summed E-state index contributed by atoms with van der Waals surface area (Å²) < 4.78 is 7.47. The van der Waals surface area contributed by atoms with Crippen LogP contribution in [-0.2, 0) is 11.3 Å². The van der Waals surface area contributed by atoms with Gasteiger partial charge in [0.25, 0.3) is 5.91 Å². The highest BCUT2D eigenvalue weighted by Gasteiger charge is 2.26. The van der Waals surface area contributed by atoms with E-state index in [0.29, 0.717) is 30.8 Å². The lowest BCUT2D eigenvalue weighted by atomic mass is 10.1. The van der Waals surface area contributed by atoms with Crippen LogP contribution < -0.4 is 5.32 Å². The molecule has 5 rings (SSSR count). The highest BCUT2D eigenvalue weighted by Crippen LogP contribution is 2.21. The molecule has 4 aromatic rings. The lowest BCUT2D eigenvalue weighted by Gasteiger charge is -2.35. The van der Waals surface area contributed by atoms with E-state index in [1.807, 2.05) is 72.0 Å². The summed E-state index contributed by atoms with van der Waals surface area (Å²) in [5, 5.41) is 20.5. The Hall–Kier alpha value is -3.30. The number of hydrogen-bond donors (Lipinski definition) is 1. The molecule has 0 saturated carbocycles. The fourth-order valence-corrected chi connectivity index (χ4v) is 4.57. The van der Waals surface area contributed by atoms with Gasteiger partial charge in [-0.15, -0.1) is 15.3 Å². The van der Waals surface area contributed by atoms with Crippen molar-refractivity contribution in [2.45, 2.75) is 32.6 Å². The Bertz CT molecular complexity index is 1210. The Morgan fingerprint density at radius 1 is 1.09 bits per heavy atom. The standard InChI is InChI=1S/C23H24N6O2S/c1-15-12-28(13-16(2)31-15)23(30)18-5-3-17(4-6-18)11-24-20-7-8-21-25-26-22(29(21)27-20)19-9-10-32-14-19/h3-10,14-16H,11-13H2,1-2H3,(H,24,27). The molecule has 2 unspecified atom stereocenters. The molecule has 0 radical (unpaired) electrons. The second-order valence-electron chi connectivity index (χ2n) is 8.04. The zero-order valence-corrected chi connectivity index (χ0v) is 18.7. The Labute approximate surface area is 189 Å². The van der Waals surface area contributed by atoms with Crippen LogP contribution in [0, 0.1) is 0 Å². The van der Waals surface area contributed by atoms with Crippen molar-refractivity contribution in [2.24, 2.45) is 0 Å². The molecule has 32 heavy (non-hydrogen) atoms. The predicted molar refractivity (Wildman–Crippen MR) is 124 cm³/mol. The lowest BCUT2D eigenvalue weighted by Crippen LogP contribution is -2.48. The van der Waals surface area contributed by atoms with Crippen LogP contribution in [-0.4, -0.2) is 55.9 Å². The number of ether oxygens (including phenoxy) is 1. The quantitative estimate of drug-likeness (QED) is 0.501. The number of aromatic nitrogens is 4. The van der Waals surface area contributed by atoms with E-state index in [0.717, 1.165) is 22.8 Å². The third kappa shape index (κ3) is 4.21. The predicted octanol–water partition coefficient (Wildman–Crippen LogP) is 3.71. The Morgan fingerprint density at radius 3 is 2.59 bits per heavy atom. The van der Waals surface area contributed by atoms with E-state index in [2.05, 4.69) is 20.6 Å². The minimum Gasteiger partial charge on any atom is -0.372 e. The van der Waals surface area contributed by atoms with Gasteiger partial charge in [0.1, 0.15) is 5.82 Å². The van der Waals surface area contributed by atoms with Crippen LogP contribution in [0.3, 0.4) is 0 Å². The molecule has 1 aliphatic rings. The molecule has 8 nitrogen and oxygen atoms in total. The Balaban J connectivity index is 1.26. The van der Waals surface area contributed by atoms with E-state index in [9.17, 15) is 4.79 Å². The normalized spacial score (nSPS) is 18.8. The molecule has 9 heteroatoms. The zero-order chi connectivity index (χ0) is 22.1. The van der Waals surface area contributed by atoms with Gasteiger partial charge in [-0.2, -0.15) is 15.9 Å². The number of rotatable bonds is 5. The second-order valence-corrected chi connectivity index (χ2v) is 8.82. The first-order valence-electron chi connectivity index (χ1n) is 10.6. The Morgan fingerprint density at radius 2 is 1.88 bits per heavy atom. The number of amides is 1. The number of thiophene rings is 1. The summed E-state index contributed by atoms with van der Waals surface area (Å²) in [6.45, 7) is 5.83. The summed E-state index contributed by atoms with van der Waals surface area (Å²) in [4.78, 5) is 14.7. The summed E-state index contributed by atoms with van der Waals surface area (Å²) in [7, 11) is 0. The van der Waals surface area contributed by atoms with Crippen molar-refractivity contribution in [3.63, 3.8) is 0 Å². The van der Waals surface area contributed by atoms with Crippen LogP contribution in [0.2, 0.25) is 0 Å². The minimum atomic E-state index is 0.0483. The molecule has 1 N–H and O–H groups in total. The van der Waals surface area contributed by atoms with Crippen molar-refractivity contribution in [3.05, 3.63) is 64.4 Å². The molecular weight excluding hydrogens is 424 g/mol. The van der Waals surface area contributed by atoms with E-state index < -0.39 is 0 Å². The van der Waals surface area contributed by atoms with Crippen LogP contribution in [0.1, 0.15) is 29.8 Å². The van der Waals surface area contributed by atoms with Crippen LogP contribution in [0.5, 0.6) is 0 Å². The van der Waals surface area contributed by atoms with Crippen molar-refractivity contribution < 1.29 is 9.53 Å². The fraction of sp³-hybridized carbons (Fsp3) is 0.304. The highest BCUT2D eigenvalue weighted by atomic mass is 32.1. The molecule has 1 amide bonds. The van der Waals surface area contributed by atoms with Crippen LogP contribution >= 0.6 is 11.3 Å². The maximum Gasteiger partial charge on any atom is 0.254 e. The van der Waals surface area contributed by atoms with Gasteiger partial charge in [-0.05, 0) is 55.1 Å². The fourth-order valence-electron chi connectivity index (χ4n) is 3.94. The second kappa shape index (κ2) is 8.68. The molecule has 1 saturated heterocycles. The first kappa shape index (κ1) is 20.6. The zero-order valence-electron chi connectivity index (χ0n) is 17.9. The lowest BCUT2D eigenvalue weighted by molar-refractivity contribution is -0.0586. The summed E-state index contributed by atoms with van der Waals surface area (Å²) in [5.74, 6) is 1.50. The van der Waals surface area contributed by atoms with Gasteiger partial charge in [-0.3, -0.25) is 4.79 Å². The Kier molecular flexibility index (Phi) is 5.59. The topological polar surface area (TPSA) is 84.7 Å². The highest BCUT2D eigenvalue weighted by molar-refractivity contribution is 7.08. The molecule has 0 spiro atoms. The molecule has 1 aromatic carbocycles. The van der Waals surface area contributed by atoms with Gasteiger partial charge in [0.2, 0.25) is 0 Å². The number of nitrogens with zero attached hydrogens (tertiary/aromatic N) is 5. The average molecular weight is 449 g/mol. The maximum absolute atomic E-state index is 12.8. The number of nitrogens with one attached hydrogen (secondary N) is 1. The van der Waals surface area contributed by atoms with E-state index in [4.69, 9.17) is 4.74 Å². The molecular formula is C23H24N6O2S. The molecule has 4 heterocycles. The van der Waals surface area contributed by atoms with Crippen LogP contribution in [0.25, 0.3) is 17.0 Å². The number of hydrogen-bond acceptors (Lipinski definition) is 7.